The minimum absolute atomic E-state index is 0.270. The summed E-state index contributed by atoms with van der Waals surface area (Å²) in [7, 11) is 0. The maximum absolute atomic E-state index is 13.3. The van der Waals surface area contributed by atoms with Crippen LogP contribution in [0.2, 0.25) is 0 Å². The molecular weight excluding hydrogens is 309 g/mol. The third kappa shape index (κ3) is 3.78. The first kappa shape index (κ1) is 14.0. The van der Waals surface area contributed by atoms with Crippen molar-refractivity contribution in [3.05, 3.63) is 63.9 Å². The molecule has 0 saturated carbocycles. The van der Waals surface area contributed by atoms with Crippen LogP contribution < -0.4 is 5.73 Å². The maximum Gasteiger partial charge on any atom is 0.137 e. The molecule has 0 aliphatic heterocycles. The van der Waals surface area contributed by atoms with Gasteiger partial charge < -0.3 is 10.5 Å². The van der Waals surface area contributed by atoms with Crippen molar-refractivity contribution in [3.63, 3.8) is 0 Å². The lowest BCUT2D eigenvalue weighted by Crippen LogP contribution is -2.02. The normalized spacial score (nSPS) is 10.6. The van der Waals surface area contributed by atoms with Crippen molar-refractivity contribution < 1.29 is 9.13 Å². The first-order valence-electron chi connectivity index (χ1n) is 6.02. The molecule has 0 unspecified atom stereocenters. The lowest BCUT2D eigenvalue weighted by atomic mass is 10.1. The molecule has 2 rings (SSSR count). The van der Waals surface area contributed by atoms with Gasteiger partial charge in [-0.05, 0) is 45.6 Å². The van der Waals surface area contributed by atoms with Crippen LogP contribution >= 0.6 is 15.9 Å². The molecule has 19 heavy (non-hydrogen) atoms. The van der Waals surface area contributed by atoms with E-state index < -0.39 is 0 Å². The number of benzene rings is 2. The molecule has 0 fully saturated rings. The Morgan fingerprint density at radius 2 is 1.79 bits per heavy atom. The second kappa shape index (κ2) is 6.68. The molecule has 0 spiro atoms. The molecule has 0 heterocycles. The summed E-state index contributed by atoms with van der Waals surface area (Å²) in [5.41, 5.74) is 8.50. The highest BCUT2D eigenvalue weighted by molar-refractivity contribution is 9.10. The minimum atomic E-state index is -0.270. The molecule has 4 heteroatoms. The number of anilines is 1. The molecule has 2 nitrogen and oxygen atoms in total. The highest BCUT2D eigenvalue weighted by Gasteiger charge is 2.05. The first-order chi connectivity index (χ1) is 9.18. The lowest BCUT2D eigenvalue weighted by molar-refractivity contribution is 0.123. The highest BCUT2D eigenvalue weighted by Crippen LogP contribution is 2.21. The van der Waals surface area contributed by atoms with E-state index in [0.29, 0.717) is 17.7 Å². The molecule has 0 bridgehead atoms. The zero-order valence-corrected chi connectivity index (χ0v) is 12.0. The summed E-state index contributed by atoms with van der Waals surface area (Å²) in [5.74, 6) is -0.270. The van der Waals surface area contributed by atoms with E-state index in [9.17, 15) is 4.39 Å². The lowest BCUT2D eigenvalue weighted by Gasteiger charge is -2.08. The third-order valence-electron chi connectivity index (χ3n) is 2.86. The third-order valence-corrected chi connectivity index (χ3v) is 3.75. The fourth-order valence-corrected chi connectivity index (χ4v) is 2.16. The molecule has 0 atom stereocenters. The van der Waals surface area contributed by atoms with Crippen LogP contribution in [-0.2, 0) is 17.8 Å². The van der Waals surface area contributed by atoms with E-state index in [2.05, 4.69) is 15.9 Å². The van der Waals surface area contributed by atoms with Crippen LogP contribution in [0, 0.1) is 5.82 Å². The van der Waals surface area contributed by atoms with Gasteiger partial charge in [0.15, 0.2) is 0 Å². The Labute approximate surface area is 120 Å². The number of nitrogens with two attached hydrogens (primary N) is 1. The second-order valence-corrected chi connectivity index (χ2v) is 5.01. The van der Waals surface area contributed by atoms with Gasteiger partial charge in [-0.15, -0.1) is 0 Å². The summed E-state index contributed by atoms with van der Waals surface area (Å²) in [5, 5.41) is 0. The summed E-state index contributed by atoms with van der Waals surface area (Å²) in [6.45, 7) is 0.933. The van der Waals surface area contributed by atoms with Gasteiger partial charge in [-0.3, -0.25) is 0 Å². The van der Waals surface area contributed by atoms with E-state index >= 15 is 0 Å². The predicted molar refractivity (Wildman–Crippen MR) is 78.3 cm³/mol. The average molecular weight is 324 g/mol. The molecular formula is C15H15BrFNO. The van der Waals surface area contributed by atoms with Gasteiger partial charge >= 0.3 is 0 Å². The molecule has 0 saturated heterocycles. The van der Waals surface area contributed by atoms with Gasteiger partial charge in [0, 0.05) is 5.69 Å². The molecule has 2 N–H and O–H groups in total. The van der Waals surface area contributed by atoms with Gasteiger partial charge in [-0.1, -0.05) is 30.3 Å². The van der Waals surface area contributed by atoms with Crippen LogP contribution in [0.1, 0.15) is 11.1 Å². The molecule has 0 aliphatic carbocycles. The van der Waals surface area contributed by atoms with Crippen molar-refractivity contribution in [1.29, 1.82) is 0 Å². The van der Waals surface area contributed by atoms with Crippen LogP contribution in [-0.4, -0.2) is 6.61 Å². The van der Waals surface area contributed by atoms with E-state index in [-0.39, 0.29) is 5.82 Å². The van der Waals surface area contributed by atoms with Crippen LogP contribution in [0.5, 0.6) is 0 Å². The Balaban J connectivity index is 1.84. The van der Waals surface area contributed by atoms with Crippen molar-refractivity contribution in [3.8, 4) is 0 Å². The molecule has 2 aromatic carbocycles. The van der Waals surface area contributed by atoms with Gasteiger partial charge in [0.1, 0.15) is 5.82 Å². The molecule has 0 aromatic heterocycles. The minimum Gasteiger partial charge on any atom is -0.399 e. The van der Waals surface area contributed by atoms with Crippen molar-refractivity contribution in [1.82, 2.24) is 0 Å². The Hall–Kier alpha value is -1.39. The molecule has 0 radical (unpaired) electrons. The number of rotatable bonds is 5. The van der Waals surface area contributed by atoms with Crippen molar-refractivity contribution in [2.75, 3.05) is 12.3 Å². The topological polar surface area (TPSA) is 35.2 Å². The Morgan fingerprint density at radius 3 is 2.58 bits per heavy atom. The van der Waals surface area contributed by atoms with E-state index in [4.69, 9.17) is 10.5 Å². The van der Waals surface area contributed by atoms with Crippen molar-refractivity contribution in [2.24, 2.45) is 0 Å². The van der Waals surface area contributed by atoms with E-state index in [1.54, 1.807) is 6.07 Å². The van der Waals surface area contributed by atoms with E-state index in [1.807, 2.05) is 30.3 Å². The van der Waals surface area contributed by atoms with Crippen LogP contribution in [0.25, 0.3) is 0 Å². The Kier molecular flexibility index (Phi) is 4.93. The summed E-state index contributed by atoms with van der Waals surface area (Å²) in [4.78, 5) is 0. The summed E-state index contributed by atoms with van der Waals surface area (Å²) < 4.78 is 19.3. The Bertz CT molecular complexity index is 560. The van der Waals surface area contributed by atoms with Crippen LogP contribution in [0.15, 0.2) is 46.9 Å². The summed E-state index contributed by atoms with van der Waals surface area (Å²) in [6, 6.07) is 12.6. The number of halogens is 2. The molecule has 0 amide bonds. The molecule has 0 aliphatic rings. The number of ether oxygens (including phenoxy) is 1. The van der Waals surface area contributed by atoms with Gasteiger partial charge in [0.2, 0.25) is 0 Å². The number of hydrogen-bond donors (Lipinski definition) is 1. The fraction of sp³-hybridized carbons (Fsp3) is 0.200. The van der Waals surface area contributed by atoms with E-state index in [1.165, 1.54) is 6.07 Å². The smallest absolute Gasteiger partial charge is 0.137 e. The van der Waals surface area contributed by atoms with Gasteiger partial charge in [0.05, 0.1) is 17.7 Å². The second-order valence-electron chi connectivity index (χ2n) is 4.21. The number of para-hydroxylation sites is 1. The molecule has 100 valence electrons. The van der Waals surface area contributed by atoms with E-state index in [0.717, 1.165) is 23.2 Å². The van der Waals surface area contributed by atoms with Gasteiger partial charge in [0.25, 0.3) is 0 Å². The zero-order chi connectivity index (χ0) is 13.7. The number of hydrogen-bond acceptors (Lipinski definition) is 2. The quantitative estimate of drug-likeness (QED) is 0.668. The van der Waals surface area contributed by atoms with Gasteiger partial charge in [-0.2, -0.15) is 0 Å². The first-order valence-corrected chi connectivity index (χ1v) is 6.82. The van der Waals surface area contributed by atoms with Crippen LogP contribution in [0.4, 0.5) is 10.1 Å². The summed E-state index contributed by atoms with van der Waals surface area (Å²) >= 11 is 3.21. The van der Waals surface area contributed by atoms with Gasteiger partial charge in [-0.25, -0.2) is 4.39 Å². The SMILES string of the molecule is Nc1ccccc1CCOCc1cccc(F)c1Br. The fourth-order valence-electron chi connectivity index (χ4n) is 1.79. The van der Waals surface area contributed by atoms with Crippen LogP contribution in [0.3, 0.4) is 0 Å². The maximum atomic E-state index is 13.3. The zero-order valence-electron chi connectivity index (χ0n) is 10.4. The predicted octanol–water partition coefficient (Wildman–Crippen LogP) is 3.93. The largest absolute Gasteiger partial charge is 0.399 e. The summed E-state index contributed by atoms with van der Waals surface area (Å²) in [6.07, 6.45) is 0.750. The monoisotopic (exact) mass is 323 g/mol. The highest BCUT2D eigenvalue weighted by atomic mass is 79.9. The molecule has 2 aromatic rings. The van der Waals surface area contributed by atoms with Crippen molar-refractivity contribution >= 4 is 21.6 Å². The average Bonchev–Trinajstić information content (AvgIpc) is 2.41. The van der Waals surface area contributed by atoms with Crippen molar-refractivity contribution in [2.45, 2.75) is 13.0 Å². The number of nitrogen functional groups attached to an aromatic ring is 1. The Morgan fingerprint density at radius 1 is 1.05 bits per heavy atom. The standard InChI is InChI=1S/C15H15BrFNO/c16-15-12(5-3-6-13(15)17)10-19-9-8-11-4-1-2-7-14(11)18/h1-7H,8-10,18H2.